The highest BCUT2D eigenvalue weighted by Crippen LogP contribution is 2.27. The van der Waals surface area contributed by atoms with Crippen molar-refractivity contribution >= 4 is 21.6 Å². The first-order valence-corrected chi connectivity index (χ1v) is 6.28. The van der Waals surface area contributed by atoms with E-state index in [4.69, 9.17) is 9.47 Å². The molecule has 1 unspecified atom stereocenters. The first-order valence-electron chi connectivity index (χ1n) is 5.48. The molecule has 0 amide bonds. The molecule has 1 N–H and O–H groups in total. The maximum atomic E-state index is 5.56. The molecule has 3 nitrogen and oxygen atoms in total. The minimum Gasteiger partial charge on any atom is -0.497 e. The van der Waals surface area contributed by atoms with E-state index in [0.717, 1.165) is 35.5 Å². The van der Waals surface area contributed by atoms with Crippen LogP contribution in [-0.4, -0.2) is 26.4 Å². The van der Waals surface area contributed by atoms with E-state index >= 15 is 0 Å². The van der Waals surface area contributed by atoms with Crippen LogP contribution in [0.1, 0.15) is 12.8 Å². The molecular formula is C12H16BrNO2. The largest absolute Gasteiger partial charge is 0.497 e. The van der Waals surface area contributed by atoms with Gasteiger partial charge in [0.25, 0.3) is 0 Å². The maximum absolute atomic E-state index is 5.56. The fourth-order valence-electron chi connectivity index (χ4n) is 1.80. The van der Waals surface area contributed by atoms with Crippen molar-refractivity contribution in [3.8, 4) is 5.75 Å². The van der Waals surface area contributed by atoms with Crippen molar-refractivity contribution in [3.63, 3.8) is 0 Å². The molecule has 1 aliphatic rings. The average Bonchev–Trinajstić information content (AvgIpc) is 2.81. The van der Waals surface area contributed by atoms with Crippen molar-refractivity contribution in [2.75, 3.05) is 25.6 Å². The molecule has 1 aromatic rings. The van der Waals surface area contributed by atoms with Crippen molar-refractivity contribution < 1.29 is 9.47 Å². The van der Waals surface area contributed by atoms with E-state index in [0.29, 0.717) is 6.10 Å². The van der Waals surface area contributed by atoms with Crippen molar-refractivity contribution in [2.45, 2.75) is 18.9 Å². The number of methoxy groups -OCH3 is 1. The highest BCUT2D eigenvalue weighted by molar-refractivity contribution is 9.10. The normalized spacial score (nSPS) is 19.8. The predicted octanol–water partition coefficient (Wildman–Crippen LogP) is 3.05. The summed E-state index contributed by atoms with van der Waals surface area (Å²) >= 11 is 3.51. The van der Waals surface area contributed by atoms with Gasteiger partial charge in [-0.1, -0.05) is 0 Å². The van der Waals surface area contributed by atoms with Gasteiger partial charge in [0.2, 0.25) is 0 Å². The van der Waals surface area contributed by atoms with Gasteiger partial charge in [-0.05, 0) is 40.9 Å². The van der Waals surface area contributed by atoms with E-state index in [1.807, 2.05) is 18.2 Å². The lowest BCUT2D eigenvalue weighted by molar-refractivity contribution is 0.120. The molecule has 0 bridgehead atoms. The van der Waals surface area contributed by atoms with Crippen molar-refractivity contribution in [3.05, 3.63) is 22.7 Å². The van der Waals surface area contributed by atoms with E-state index in [1.54, 1.807) is 7.11 Å². The maximum Gasteiger partial charge on any atom is 0.121 e. The molecule has 1 atom stereocenters. The molecule has 1 heterocycles. The SMILES string of the molecule is COc1ccc(Br)c(NCC2CCCO2)c1. The molecule has 0 aliphatic carbocycles. The summed E-state index contributed by atoms with van der Waals surface area (Å²) in [6, 6.07) is 5.90. The summed E-state index contributed by atoms with van der Waals surface area (Å²) in [5.74, 6) is 0.859. The second-order valence-corrected chi connectivity index (χ2v) is 4.72. The molecule has 0 aromatic heterocycles. The van der Waals surface area contributed by atoms with Gasteiger partial charge in [0.05, 0.1) is 18.9 Å². The standard InChI is InChI=1S/C12H16BrNO2/c1-15-9-4-5-11(13)12(7-9)14-8-10-3-2-6-16-10/h4-5,7,10,14H,2-3,6,8H2,1H3. The molecule has 1 aromatic carbocycles. The number of nitrogens with one attached hydrogen (secondary N) is 1. The second-order valence-electron chi connectivity index (χ2n) is 3.86. The number of anilines is 1. The Labute approximate surface area is 104 Å². The Bertz CT molecular complexity index is 351. The number of hydrogen-bond acceptors (Lipinski definition) is 3. The molecule has 16 heavy (non-hydrogen) atoms. The highest BCUT2D eigenvalue weighted by Gasteiger charge is 2.15. The summed E-state index contributed by atoms with van der Waals surface area (Å²) < 4.78 is 11.8. The van der Waals surface area contributed by atoms with Crippen molar-refractivity contribution in [1.29, 1.82) is 0 Å². The van der Waals surface area contributed by atoms with Gasteiger partial charge in [0, 0.05) is 23.7 Å². The summed E-state index contributed by atoms with van der Waals surface area (Å²) in [6.45, 7) is 1.75. The van der Waals surface area contributed by atoms with Gasteiger partial charge in [0.15, 0.2) is 0 Å². The average molecular weight is 286 g/mol. The van der Waals surface area contributed by atoms with Gasteiger partial charge in [-0.3, -0.25) is 0 Å². The first kappa shape index (κ1) is 11.7. The van der Waals surface area contributed by atoms with Crippen LogP contribution in [0.4, 0.5) is 5.69 Å². The number of hydrogen-bond donors (Lipinski definition) is 1. The van der Waals surface area contributed by atoms with E-state index in [-0.39, 0.29) is 0 Å². The van der Waals surface area contributed by atoms with Crippen LogP contribution >= 0.6 is 15.9 Å². The molecule has 1 aliphatic heterocycles. The molecule has 2 rings (SSSR count). The van der Waals surface area contributed by atoms with Crippen LogP contribution in [0.3, 0.4) is 0 Å². The van der Waals surface area contributed by atoms with Gasteiger partial charge >= 0.3 is 0 Å². The first-order chi connectivity index (χ1) is 7.79. The van der Waals surface area contributed by atoms with Crippen LogP contribution in [0.15, 0.2) is 22.7 Å². The third-order valence-corrected chi connectivity index (χ3v) is 3.41. The lowest BCUT2D eigenvalue weighted by Crippen LogP contribution is -2.18. The van der Waals surface area contributed by atoms with Gasteiger partial charge in [-0.25, -0.2) is 0 Å². The molecule has 4 heteroatoms. The fraction of sp³-hybridized carbons (Fsp3) is 0.500. The molecule has 1 saturated heterocycles. The Hall–Kier alpha value is -0.740. The molecule has 0 saturated carbocycles. The van der Waals surface area contributed by atoms with Crippen LogP contribution in [0.2, 0.25) is 0 Å². The zero-order valence-electron chi connectivity index (χ0n) is 9.33. The van der Waals surface area contributed by atoms with Crippen LogP contribution in [-0.2, 0) is 4.74 Å². The Morgan fingerprint density at radius 2 is 2.44 bits per heavy atom. The van der Waals surface area contributed by atoms with Crippen LogP contribution < -0.4 is 10.1 Å². The Morgan fingerprint density at radius 3 is 3.12 bits per heavy atom. The fourth-order valence-corrected chi connectivity index (χ4v) is 2.18. The minimum atomic E-state index is 0.345. The number of ether oxygens (including phenoxy) is 2. The third kappa shape index (κ3) is 2.89. The Balaban J connectivity index is 1.96. The van der Waals surface area contributed by atoms with Crippen LogP contribution in [0, 0.1) is 0 Å². The van der Waals surface area contributed by atoms with Crippen molar-refractivity contribution in [1.82, 2.24) is 0 Å². The molecule has 0 radical (unpaired) electrons. The van der Waals surface area contributed by atoms with Gasteiger partial charge in [0.1, 0.15) is 5.75 Å². The number of rotatable bonds is 4. The quantitative estimate of drug-likeness (QED) is 0.922. The van der Waals surface area contributed by atoms with Crippen LogP contribution in [0.5, 0.6) is 5.75 Å². The van der Waals surface area contributed by atoms with E-state index in [9.17, 15) is 0 Å². The predicted molar refractivity (Wildman–Crippen MR) is 68.2 cm³/mol. The highest BCUT2D eigenvalue weighted by atomic mass is 79.9. The van der Waals surface area contributed by atoms with Gasteiger partial charge in [-0.2, -0.15) is 0 Å². The van der Waals surface area contributed by atoms with E-state index < -0.39 is 0 Å². The topological polar surface area (TPSA) is 30.5 Å². The summed E-state index contributed by atoms with van der Waals surface area (Å²) in [7, 11) is 1.67. The van der Waals surface area contributed by atoms with Crippen molar-refractivity contribution in [2.24, 2.45) is 0 Å². The Morgan fingerprint density at radius 1 is 1.56 bits per heavy atom. The summed E-state index contributed by atoms with van der Waals surface area (Å²) in [4.78, 5) is 0. The summed E-state index contributed by atoms with van der Waals surface area (Å²) in [6.07, 6.45) is 2.67. The van der Waals surface area contributed by atoms with Crippen LogP contribution in [0.25, 0.3) is 0 Å². The Kier molecular flexibility index (Phi) is 4.07. The molecule has 88 valence electrons. The zero-order chi connectivity index (χ0) is 11.4. The molecular weight excluding hydrogens is 270 g/mol. The number of halogens is 1. The second kappa shape index (κ2) is 5.55. The zero-order valence-corrected chi connectivity index (χ0v) is 10.9. The van der Waals surface area contributed by atoms with E-state index in [2.05, 4.69) is 21.2 Å². The van der Waals surface area contributed by atoms with Gasteiger partial charge in [-0.15, -0.1) is 0 Å². The lowest BCUT2D eigenvalue weighted by Gasteiger charge is -2.14. The third-order valence-electron chi connectivity index (χ3n) is 2.72. The smallest absolute Gasteiger partial charge is 0.121 e. The van der Waals surface area contributed by atoms with E-state index in [1.165, 1.54) is 6.42 Å². The molecule has 1 fully saturated rings. The lowest BCUT2D eigenvalue weighted by atomic mass is 10.2. The summed E-state index contributed by atoms with van der Waals surface area (Å²) in [5.41, 5.74) is 1.05. The summed E-state index contributed by atoms with van der Waals surface area (Å²) in [5, 5.41) is 3.38. The minimum absolute atomic E-state index is 0.345. The molecule has 0 spiro atoms. The van der Waals surface area contributed by atoms with Gasteiger partial charge < -0.3 is 14.8 Å². The number of benzene rings is 1. The monoisotopic (exact) mass is 285 g/mol.